The van der Waals surface area contributed by atoms with Gasteiger partial charge in [0, 0.05) is 11.6 Å². The Bertz CT molecular complexity index is 367. The molecule has 0 aliphatic carbocycles. The Kier molecular flexibility index (Phi) is 3.30. The Balaban J connectivity index is 2.95. The van der Waals surface area contributed by atoms with Crippen LogP contribution < -0.4 is 0 Å². The number of carbonyl (C=O) groups is 1. The number of benzene rings is 1. The zero-order valence-corrected chi connectivity index (χ0v) is 9.32. The van der Waals surface area contributed by atoms with Crippen LogP contribution in [0.15, 0.2) is 36.6 Å². The van der Waals surface area contributed by atoms with Crippen LogP contribution in [0.1, 0.15) is 36.7 Å². The molecule has 0 radical (unpaired) electrons. The van der Waals surface area contributed by atoms with Gasteiger partial charge in [0.2, 0.25) is 0 Å². The number of rotatable bonds is 2. The lowest BCUT2D eigenvalue weighted by Gasteiger charge is -2.18. The van der Waals surface area contributed by atoms with Gasteiger partial charge in [-0.3, -0.25) is 4.79 Å². The van der Waals surface area contributed by atoms with Crippen molar-refractivity contribution in [3.05, 3.63) is 47.7 Å². The molecule has 0 aromatic heterocycles. The predicted molar refractivity (Wildman–Crippen MR) is 61.2 cm³/mol. The molecule has 80 valence electrons. The fourth-order valence-electron chi connectivity index (χ4n) is 1.30. The van der Waals surface area contributed by atoms with Crippen LogP contribution in [-0.2, 0) is 5.41 Å². The maximum Gasteiger partial charge on any atom is 0.188 e. The van der Waals surface area contributed by atoms with Crippen LogP contribution in [-0.4, -0.2) is 10.9 Å². The molecule has 0 unspecified atom stereocenters. The van der Waals surface area contributed by atoms with Crippen LogP contribution >= 0.6 is 0 Å². The molecule has 0 atom stereocenters. The van der Waals surface area contributed by atoms with Crippen molar-refractivity contribution in [1.82, 2.24) is 0 Å². The molecule has 0 fully saturated rings. The maximum absolute atomic E-state index is 11.4. The van der Waals surface area contributed by atoms with Crippen molar-refractivity contribution in [2.24, 2.45) is 0 Å². The fourth-order valence-corrected chi connectivity index (χ4v) is 1.30. The van der Waals surface area contributed by atoms with E-state index in [-0.39, 0.29) is 11.2 Å². The largest absolute Gasteiger partial charge is 0.515 e. The minimum absolute atomic E-state index is 0.0917. The van der Waals surface area contributed by atoms with Crippen LogP contribution in [0.5, 0.6) is 0 Å². The molecule has 0 amide bonds. The first-order valence-corrected chi connectivity index (χ1v) is 4.91. The van der Waals surface area contributed by atoms with E-state index in [1.165, 1.54) is 5.56 Å². The van der Waals surface area contributed by atoms with Gasteiger partial charge in [-0.2, -0.15) is 0 Å². The second-order valence-corrected chi connectivity index (χ2v) is 4.51. The summed E-state index contributed by atoms with van der Waals surface area (Å²) in [5.41, 5.74) is 1.87. The van der Waals surface area contributed by atoms with Crippen molar-refractivity contribution in [3.8, 4) is 0 Å². The molecule has 0 heterocycles. The zero-order valence-electron chi connectivity index (χ0n) is 9.32. The van der Waals surface area contributed by atoms with Gasteiger partial charge in [-0.05, 0) is 11.0 Å². The smallest absolute Gasteiger partial charge is 0.188 e. The summed E-state index contributed by atoms with van der Waals surface area (Å²) in [5, 5.41) is 8.48. The molecule has 0 bridgehead atoms. The second-order valence-electron chi connectivity index (χ2n) is 4.51. The highest BCUT2D eigenvalue weighted by atomic mass is 16.2. The number of aliphatic hydroxyl groups is 1. The van der Waals surface area contributed by atoms with Gasteiger partial charge in [-0.25, -0.2) is 0 Å². The van der Waals surface area contributed by atoms with Gasteiger partial charge in [-0.1, -0.05) is 45.0 Å². The number of hydrogen-bond acceptors (Lipinski definition) is 2. The third-order valence-corrected chi connectivity index (χ3v) is 2.26. The summed E-state index contributed by atoms with van der Waals surface area (Å²) >= 11 is 0. The molecule has 1 aromatic rings. The molecule has 0 spiro atoms. The molecule has 0 aliphatic heterocycles. The van der Waals surface area contributed by atoms with E-state index in [0.717, 1.165) is 12.3 Å². The van der Waals surface area contributed by atoms with Crippen molar-refractivity contribution < 1.29 is 9.90 Å². The van der Waals surface area contributed by atoms with E-state index in [0.29, 0.717) is 5.56 Å². The van der Waals surface area contributed by atoms with Gasteiger partial charge in [0.25, 0.3) is 0 Å². The highest BCUT2D eigenvalue weighted by Gasteiger charge is 2.13. The lowest BCUT2D eigenvalue weighted by atomic mass is 9.86. The first kappa shape index (κ1) is 11.5. The first-order chi connectivity index (χ1) is 6.95. The van der Waals surface area contributed by atoms with Crippen molar-refractivity contribution in [2.45, 2.75) is 26.2 Å². The number of ketones is 1. The van der Waals surface area contributed by atoms with Crippen molar-refractivity contribution in [1.29, 1.82) is 0 Å². The molecular formula is C13H16O2. The van der Waals surface area contributed by atoms with E-state index in [9.17, 15) is 4.79 Å². The lowest BCUT2D eigenvalue weighted by Crippen LogP contribution is -2.11. The second kappa shape index (κ2) is 4.30. The van der Waals surface area contributed by atoms with Crippen LogP contribution in [0.4, 0.5) is 0 Å². The lowest BCUT2D eigenvalue weighted by molar-refractivity contribution is 0.104. The highest BCUT2D eigenvalue weighted by Crippen LogP contribution is 2.22. The Morgan fingerprint density at radius 2 is 1.73 bits per heavy atom. The highest BCUT2D eigenvalue weighted by molar-refractivity contribution is 6.04. The van der Waals surface area contributed by atoms with Gasteiger partial charge in [0.05, 0.1) is 6.26 Å². The zero-order chi connectivity index (χ0) is 11.5. The van der Waals surface area contributed by atoms with E-state index in [4.69, 9.17) is 5.11 Å². The molecule has 0 saturated heterocycles. The van der Waals surface area contributed by atoms with E-state index in [2.05, 4.69) is 20.8 Å². The van der Waals surface area contributed by atoms with Gasteiger partial charge in [-0.15, -0.1) is 0 Å². The molecule has 1 rings (SSSR count). The van der Waals surface area contributed by atoms with Crippen LogP contribution in [0.25, 0.3) is 0 Å². The van der Waals surface area contributed by atoms with E-state index < -0.39 is 0 Å². The Hall–Kier alpha value is -1.57. The topological polar surface area (TPSA) is 37.3 Å². The minimum Gasteiger partial charge on any atom is -0.515 e. The van der Waals surface area contributed by atoms with Crippen molar-refractivity contribution >= 4 is 5.78 Å². The molecular weight excluding hydrogens is 188 g/mol. The quantitative estimate of drug-likeness (QED) is 0.456. The molecule has 0 aliphatic rings. The molecule has 1 N–H and O–H groups in total. The number of carbonyl (C=O) groups excluding carboxylic acids is 1. The van der Waals surface area contributed by atoms with E-state index in [1.54, 1.807) is 12.1 Å². The number of aliphatic hydroxyl groups excluding tert-OH is 1. The Morgan fingerprint density at radius 3 is 2.13 bits per heavy atom. The van der Waals surface area contributed by atoms with Crippen molar-refractivity contribution in [2.75, 3.05) is 0 Å². The first-order valence-electron chi connectivity index (χ1n) is 4.91. The number of hydrogen-bond donors (Lipinski definition) is 1. The summed E-state index contributed by atoms with van der Waals surface area (Å²) in [7, 11) is 0. The van der Waals surface area contributed by atoms with E-state index >= 15 is 0 Å². The average molecular weight is 204 g/mol. The number of allylic oxidation sites excluding steroid dienone is 1. The molecule has 2 nitrogen and oxygen atoms in total. The minimum atomic E-state index is -0.182. The molecule has 15 heavy (non-hydrogen) atoms. The van der Waals surface area contributed by atoms with Crippen LogP contribution in [0.2, 0.25) is 0 Å². The van der Waals surface area contributed by atoms with E-state index in [1.807, 2.05) is 12.1 Å². The summed E-state index contributed by atoms with van der Waals surface area (Å²) in [6.45, 7) is 6.37. The standard InChI is InChI=1S/C13H16O2/c1-13(2,3)11-6-4-10(5-7-11)12(15)8-9-14/h4-9,14H,1-3H3. The monoisotopic (exact) mass is 204 g/mol. The summed E-state index contributed by atoms with van der Waals surface area (Å²) in [5.74, 6) is -0.182. The van der Waals surface area contributed by atoms with Gasteiger partial charge < -0.3 is 5.11 Å². The van der Waals surface area contributed by atoms with Gasteiger partial charge in [0.1, 0.15) is 0 Å². The Morgan fingerprint density at radius 1 is 1.20 bits per heavy atom. The predicted octanol–water partition coefficient (Wildman–Crippen LogP) is 3.24. The maximum atomic E-state index is 11.4. The third-order valence-electron chi connectivity index (χ3n) is 2.26. The molecule has 2 heteroatoms. The SMILES string of the molecule is CC(C)(C)c1ccc(C(=O)C=CO)cc1. The van der Waals surface area contributed by atoms with Crippen molar-refractivity contribution in [3.63, 3.8) is 0 Å². The average Bonchev–Trinajstić information content (AvgIpc) is 2.17. The molecule has 1 aromatic carbocycles. The fraction of sp³-hybridized carbons (Fsp3) is 0.308. The molecule has 0 saturated carbocycles. The van der Waals surface area contributed by atoms with Gasteiger partial charge >= 0.3 is 0 Å². The Labute approximate surface area is 90.3 Å². The summed E-state index contributed by atoms with van der Waals surface area (Å²) in [6.07, 6.45) is 1.91. The third kappa shape index (κ3) is 2.94. The summed E-state index contributed by atoms with van der Waals surface area (Å²) in [6, 6.07) is 7.45. The normalized spacial score (nSPS) is 11.9. The summed E-state index contributed by atoms with van der Waals surface area (Å²) < 4.78 is 0. The summed E-state index contributed by atoms with van der Waals surface area (Å²) in [4.78, 5) is 11.4. The van der Waals surface area contributed by atoms with Gasteiger partial charge in [0.15, 0.2) is 5.78 Å². The van der Waals surface area contributed by atoms with Crippen LogP contribution in [0.3, 0.4) is 0 Å². The van der Waals surface area contributed by atoms with Crippen LogP contribution in [0, 0.1) is 0 Å².